The normalized spacial score (nSPS) is 10.6. The summed E-state index contributed by atoms with van der Waals surface area (Å²) in [5.74, 6) is -1.06. The van der Waals surface area contributed by atoms with Gasteiger partial charge in [-0.25, -0.2) is 4.39 Å². The van der Waals surface area contributed by atoms with Crippen molar-refractivity contribution in [2.45, 2.75) is 6.54 Å². The van der Waals surface area contributed by atoms with E-state index in [0.29, 0.717) is 17.8 Å². The van der Waals surface area contributed by atoms with Gasteiger partial charge in [0.05, 0.1) is 23.4 Å². The molecule has 0 radical (unpaired) electrons. The second kappa shape index (κ2) is 6.51. The second-order valence-electron chi connectivity index (χ2n) is 5.30. The molecule has 0 fully saturated rings. The first-order valence-corrected chi connectivity index (χ1v) is 7.18. The third-order valence-electron chi connectivity index (χ3n) is 3.35. The van der Waals surface area contributed by atoms with Gasteiger partial charge in [-0.2, -0.15) is 10.2 Å². The molecule has 25 heavy (non-hydrogen) atoms. The first-order chi connectivity index (χ1) is 11.9. The van der Waals surface area contributed by atoms with Gasteiger partial charge in [-0.05, 0) is 17.7 Å². The molecule has 0 aliphatic heterocycles. The summed E-state index contributed by atoms with van der Waals surface area (Å²) in [6.07, 6.45) is 4.09. The summed E-state index contributed by atoms with van der Waals surface area (Å²) in [7, 11) is 1.49. The van der Waals surface area contributed by atoms with Crippen molar-refractivity contribution in [3.05, 3.63) is 70.0 Å². The molecule has 0 aliphatic rings. The zero-order valence-corrected chi connectivity index (χ0v) is 13.1. The summed E-state index contributed by atoms with van der Waals surface area (Å²) in [4.78, 5) is 22.5. The average Bonchev–Trinajstić information content (AvgIpc) is 3.14. The first kappa shape index (κ1) is 16.3. The van der Waals surface area contributed by atoms with Gasteiger partial charge in [0.15, 0.2) is 0 Å². The lowest BCUT2D eigenvalue weighted by Gasteiger charge is -2.02. The van der Waals surface area contributed by atoms with Gasteiger partial charge in [0.2, 0.25) is 5.69 Å². The molecule has 1 amide bonds. The maximum absolute atomic E-state index is 13.2. The van der Waals surface area contributed by atoms with E-state index in [-0.39, 0.29) is 17.2 Å². The van der Waals surface area contributed by atoms with Gasteiger partial charge in [-0.1, -0.05) is 12.1 Å². The van der Waals surface area contributed by atoms with Crippen LogP contribution >= 0.6 is 0 Å². The van der Waals surface area contributed by atoms with Gasteiger partial charge in [0, 0.05) is 13.2 Å². The highest BCUT2D eigenvalue weighted by atomic mass is 19.1. The first-order valence-electron chi connectivity index (χ1n) is 7.18. The van der Waals surface area contributed by atoms with Crippen LogP contribution < -0.4 is 5.32 Å². The number of benzene rings is 1. The lowest BCUT2D eigenvalue weighted by Crippen LogP contribution is -2.14. The molecule has 0 aliphatic carbocycles. The van der Waals surface area contributed by atoms with Gasteiger partial charge < -0.3 is 5.32 Å². The van der Waals surface area contributed by atoms with Gasteiger partial charge in [0.1, 0.15) is 12.0 Å². The van der Waals surface area contributed by atoms with Crippen molar-refractivity contribution in [2.24, 2.45) is 7.05 Å². The number of anilines is 1. The molecule has 2 heterocycles. The molecule has 0 spiro atoms. The van der Waals surface area contributed by atoms with Crippen LogP contribution in [0.15, 0.2) is 42.9 Å². The summed E-state index contributed by atoms with van der Waals surface area (Å²) in [6, 6.07) is 6.08. The molecule has 128 valence electrons. The molecular formula is C15H13FN6O3. The number of nitro groups is 1. The number of carbonyl (C=O) groups excluding carboxylic acids is 1. The van der Waals surface area contributed by atoms with Crippen molar-refractivity contribution in [3.63, 3.8) is 0 Å². The van der Waals surface area contributed by atoms with E-state index in [1.807, 2.05) is 0 Å². The Kier molecular flexibility index (Phi) is 4.25. The highest BCUT2D eigenvalue weighted by Crippen LogP contribution is 2.18. The SMILES string of the molecule is Cn1cc([N+](=O)[O-])c(C(=O)Nc2cnn(Cc3cccc(F)c3)c2)n1. The number of carbonyl (C=O) groups is 1. The number of aryl methyl sites for hydroxylation is 1. The van der Waals surface area contributed by atoms with E-state index in [9.17, 15) is 19.3 Å². The summed E-state index contributed by atoms with van der Waals surface area (Å²) >= 11 is 0. The van der Waals surface area contributed by atoms with Gasteiger partial charge in [-0.3, -0.25) is 24.3 Å². The van der Waals surface area contributed by atoms with Crippen LogP contribution in [0.5, 0.6) is 0 Å². The fourth-order valence-electron chi connectivity index (χ4n) is 2.30. The van der Waals surface area contributed by atoms with Crippen LogP contribution in [0.3, 0.4) is 0 Å². The minimum absolute atomic E-state index is 0.287. The lowest BCUT2D eigenvalue weighted by molar-refractivity contribution is -0.385. The van der Waals surface area contributed by atoms with Crippen molar-refractivity contribution in [3.8, 4) is 0 Å². The Hall–Kier alpha value is -3.56. The average molecular weight is 344 g/mol. The van der Waals surface area contributed by atoms with E-state index >= 15 is 0 Å². The molecule has 9 nitrogen and oxygen atoms in total. The number of nitrogens with one attached hydrogen (secondary N) is 1. The minimum Gasteiger partial charge on any atom is -0.318 e. The molecule has 0 atom stereocenters. The molecule has 3 aromatic rings. The van der Waals surface area contributed by atoms with Gasteiger partial charge in [0.25, 0.3) is 5.91 Å². The summed E-state index contributed by atoms with van der Waals surface area (Å²) in [5.41, 5.74) is 0.389. The predicted octanol–water partition coefficient (Wildman–Crippen LogP) is 1.96. The van der Waals surface area contributed by atoms with Crippen LogP contribution in [0.4, 0.5) is 15.8 Å². The van der Waals surface area contributed by atoms with E-state index < -0.39 is 10.8 Å². The number of nitrogens with zero attached hydrogens (tertiary/aromatic N) is 5. The number of hydrogen-bond acceptors (Lipinski definition) is 5. The van der Waals surface area contributed by atoms with Crippen molar-refractivity contribution in [1.82, 2.24) is 19.6 Å². The Labute approximate surface area is 140 Å². The van der Waals surface area contributed by atoms with E-state index in [2.05, 4.69) is 15.5 Å². The van der Waals surface area contributed by atoms with Crippen LogP contribution in [-0.4, -0.2) is 30.4 Å². The van der Waals surface area contributed by atoms with Crippen molar-refractivity contribution >= 4 is 17.3 Å². The van der Waals surface area contributed by atoms with Crippen molar-refractivity contribution in [1.29, 1.82) is 0 Å². The highest BCUT2D eigenvalue weighted by Gasteiger charge is 2.25. The summed E-state index contributed by atoms with van der Waals surface area (Å²) in [5, 5.41) is 21.3. The fraction of sp³-hybridized carbons (Fsp3) is 0.133. The summed E-state index contributed by atoms with van der Waals surface area (Å²) < 4.78 is 15.9. The maximum atomic E-state index is 13.2. The van der Waals surface area contributed by atoms with E-state index in [1.54, 1.807) is 12.1 Å². The van der Waals surface area contributed by atoms with E-state index in [0.717, 1.165) is 6.20 Å². The highest BCUT2D eigenvalue weighted by molar-refractivity contribution is 6.05. The Morgan fingerprint density at radius 3 is 2.92 bits per heavy atom. The second-order valence-corrected chi connectivity index (χ2v) is 5.30. The summed E-state index contributed by atoms with van der Waals surface area (Å²) in [6.45, 7) is 0.317. The van der Waals surface area contributed by atoms with Crippen molar-refractivity contribution in [2.75, 3.05) is 5.32 Å². The van der Waals surface area contributed by atoms with Crippen LogP contribution in [0.1, 0.15) is 16.1 Å². The van der Waals surface area contributed by atoms with Crippen LogP contribution in [0.2, 0.25) is 0 Å². The molecule has 0 saturated heterocycles. The number of amides is 1. The third kappa shape index (κ3) is 3.68. The predicted molar refractivity (Wildman–Crippen MR) is 85.5 cm³/mol. The van der Waals surface area contributed by atoms with Crippen LogP contribution in [0.25, 0.3) is 0 Å². The standard InChI is InChI=1S/C15H13FN6O3/c1-20-9-13(22(24)25)14(19-20)15(23)18-12-6-17-21(8-12)7-10-3-2-4-11(16)5-10/h2-6,8-9H,7H2,1H3,(H,18,23). The quantitative estimate of drug-likeness (QED) is 0.562. The molecule has 1 aromatic carbocycles. The molecule has 0 unspecified atom stereocenters. The van der Waals surface area contributed by atoms with Crippen molar-refractivity contribution < 1.29 is 14.1 Å². The molecule has 0 bridgehead atoms. The number of hydrogen-bond donors (Lipinski definition) is 1. The minimum atomic E-state index is -0.711. The zero-order chi connectivity index (χ0) is 18.0. The molecular weight excluding hydrogens is 331 g/mol. The van der Waals surface area contributed by atoms with Gasteiger partial charge in [-0.15, -0.1) is 0 Å². The largest absolute Gasteiger partial charge is 0.320 e. The van der Waals surface area contributed by atoms with Crippen LogP contribution in [-0.2, 0) is 13.6 Å². The Morgan fingerprint density at radius 2 is 2.20 bits per heavy atom. The number of halogens is 1. The Bertz CT molecular complexity index is 948. The molecule has 3 rings (SSSR count). The lowest BCUT2D eigenvalue weighted by atomic mass is 10.2. The smallest absolute Gasteiger partial charge is 0.318 e. The third-order valence-corrected chi connectivity index (χ3v) is 3.35. The van der Waals surface area contributed by atoms with Crippen LogP contribution in [0, 0.1) is 15.9 Å². The maximum Gasteiger partial charge on any atom is 0.320 e. The van der Waals surface area contributed by atoms with E-state index in [4.69, 9.17) is 0 Å². The molecule has 2 aromatic heterocycles. The topological polar surface area (TPSA) is 108 Å². The fourth-order valence-corrected chi connectivity index (χ4v) is 2.30. The molecule has 0 saturated carbocycles. The number of aromatic nitrogens is 4. The Balaban J connectivity index is 1.73. The molecule has 1 N–H and O–H groups in total. The molecule has 10 heteroatoms. The Morgan fingerprint density at radius 1 is 1.40 bits per heavy atom. The van der Waals surface area contributed by atoms with Gasteiger partial charge >= 0.3 is 5.69 Å². The van der Waals surface area contributed by atoms with E-state index in [1.165, 1.54) is 40.9 Å². The monoisotopic (exact) mass is 344 g/mol. The number of rotatable bonds is 5. The zero-order valence-electron chi connectivity index (χ0n) is 13.1.